The summed E-state index contributed by atoms with van der Waals surface area (Å²) in [5.41, 5.74) is 0. The molecule has 0 radical (unpaired) electrons. The van der Waals surface area contributed by atoms with E-state index in [-0.39, 0.29) is 5.91 Å². The molecule has 1 heterocycles. The Morgan fingerprint density at radius 3 is 3.00 bits per heavy atom. The Morgan fingerprint density at radius 1 is 1.56 bits per heavy atom. The maximum absolute atomic E-state index is 11.4. The number of carbonyl (C=O) groups is 1. The van der Waals surface area contributed by atoms with Crippen molar-refractivity contribution in [3.63, 3.8) is 0 Å². The number of nitrogens with zero attached hydrogens (tertiary/aromatic N) is 2. The average molecular weight is 252 g/mol. The van der Waals surface area contributed by atoms with E-state index in [4.69, 9.17) is 0 Å². The molecule has 18 heavy (non-hydrogen) atoms. The van der Waals surface area contributed by atoms with E-state index in [2.05, 4.69) is 22.2 Å². The third-order valence-corrected chi connectivity index (χ3v) is 2.79. The van der Waals surface area contributed by atoms with Crippen LogP contribution >= 0.6 is 0 Å². The molecule has 0 aromatic rings. The van der Waals surface area contributed by atoms with Gasteiger partial charge in [0, 0.05) is 39.1 Å². The zero-order chi connectivity index (χ0) is 13.2. The molecule has 5 nitrogen and oxygen atoms in total. The number of hydrogen-bond acceptors (Lipinski definition) is 2. The van der Waals surface area contributed by atoms with Gasteiger partial charge in [0.25, 0.3) is 0 Å². The molecule has 2 N–H and O–H groups in total. The van der Waals surface area contributed by atoms with Crippen LogP contribution in [-0.4, -0.2) is 49.5 Å². The molecule has 5 heteroatoms. The van der Waals surface area contributed by atoms with Crippen molar-refractivity contribution in [2.24, 2.45) is 4.99 Å². The lowest BCUT2D eigenvalue weighted by Gasteiger charge is -2.14. The first-order valence-corrected chi connectivity index (χ1v) is 6.68. The van der Waals surface area contributed by atoms with Crippen molar-refractivity contribution in [1.29, 1.82) is 0 Å². The van der Waals surface area contributed by atoms with Gasteiger partial charge >= 0.3 is 0 Å². The van der Waals surface area contributed by atoms with Crippen molar-refractivity contribution < 1.29 is 4.79 Å². The van der Waals surface area contributed by atoms with Gasteiger partial charge in [-0.15, -0.1) is 6.58 Å². The lowest BCUT2D eigenvalue weighted by molar-refractivity contribution is -0.127. The molecule has 0 unspecified atom stereocenters. The lowest BCUT2D eigenvalue weighted by atomic mass is 10.4. The van der Waals surface area contributed by atoms with E-state index in [0.717, 1.165) is 45.0 Å². The van der Waals surface area contributed by atoms with Crippen molar-refractivity contribution in [3.05, 3.63) is 12.7 Å². The second-order valence-corrected chi connectivity index (χ2v) is 4.27. The molecule has 1 aliphatic heterocycles. The molecule has 0 aromatic carbocycles. The van der Waals surface area contributed by atoms with Gasteiger partial charge < -0.3 is 15.5 Å². The number of aliphatic imine (C=N–C) groups is 1. The van der Waals surface area contributed by atoms with Gasteiger partial charge in [-0.3, -0.25) is 9.79 Å². The highest BCUT2D eigenvalue weighted by atomic mass is 16.2. The standard InChI is InChI=1S/C13H24N4O/c1-3-8-15-13(14-4-2)16-9-6-11-17-10-5-7-12(17)18/h3H,1,4-11H2,2H3,(H2,14,15,16). The first kappa shape index (κ1) is 14.5. The Kier molecular flexibility index (Phi) is 6.91. The summed E-state index contributed by atoms with van der Waals surface area (Å²) in [6.45, 7) is 9.71. The summed E-state index contributed by atoms with van der Waals surface area (Å²) < 4.78 is 0. The van der Waals surface area contributed by atoms with E-state index in [1.54, 1.807) is 6.08 Å². The number of amides is 1. The molecule has 0 aromatic heterocycles. The number of likely N-dealkylation sites (tertiary alicyclic amines) is 1. The van der Waals surface area contributed by atoms with Crippen molar-refractivity contribution in [2.45, 2.75) is 26.2 Å². The largest absolute Gasteiger partial charge is 0.357 e. The van der Waals surface area contributed by atoms with Gasteiger partial charge in [-0.25, -0.2) is 0 Å². The van der Waals surface area contributed by atoms with E-state index in [0.29, 0.717) is 13.0 Å². The number of nitrogens with one attached hydrogen (secondary N) is 2. The summed E-state index contributed by atoms with van der Waals surface area (Å²) in [7, 11) is 0. The number of rotatable bonds is 7. The maximum atomic E-state index is 11.4. The van der Waals surface area contributed by atoms with Crippen LogP contribution < -0.4 is 10.6 Å². The fraction of sp³-hybridized carbons (Fsp3) is 0.692. The summed E-state index contributed by atoms with van der Waals surface area (Å²) in [5, 5.41) is 6.31. The van der Waals surface area contributed by atoms with Crippen LogP contribution in [0.15, 0.2) is 17.6 Å². The van der Waals surface area contributed by atoms with Gasteiger partial charge in [-0.2, -0.15) is 0 Å². The molecule has 0 spiro atoms. The minimum atomic E-state index is 0.288. The first-order chi connectivity index (χ1) is 8.77. The Morgan fingerprint density at radius 2 is 2.39 bits per heavy atom. The molecule has 1 saturated heterocycles. The van der Waals surface area contributed by atoms with Crippen molar-refractivity contribution in [3.8, 4) is 0 Å². The third kappa shape index (κ3) is 5.21. The van der Waals surface area contributed by atoms with Crippen LogP contribution in [-0.2, 0) is 4.79 Å². The van der Waals surface area contributed by atoms with E-state index in [9.17, 15) is 4.79 Å². The first-order valence-electron chi connectivity index (χ1n) is 6.68. The van der Waals surface area contributed by atoms with Crippen LogP contribution in [0.1, 0.15) is 26.2 Å². The Labute approximate surface area is 109 Å². The molecule has 1 aliphatic rings. The van der Waals surface area contributed by atoms with Crippen LogP contribution in [0.3, 0.4) is 0 Å². The minimum absolute atomic E-state index is 0.288. The highest BCUT2D eigenvalue weighted by molar-refractivity contribution is 5.80. The van der Waals surface area contributed by atoms with E-state index in [1.165, 1.54) is 0 Å². The fourth-order valence-electron chi connectivity index (χ4n) is 1.90. The van der Waals surface area contributed by atoms with E-state index >= 15 is 0 Å². The lowest BCUT2D eigenvalue weighted by Crippen LogP contribution is -2.37. The number of hydrogen-bond donors (Lipinski definition) is 2. The second kappa shape index (κ2) is 8.55. The number of carbonyl (C=O) groups excluding carboxylic acids is 1. The maximum Gasteiger partial charge on any atom is 0.222 e. The van der Waals surface area contributed by atoms with Crippen LogP contribution in [0, 0.1) is 0 Å². The SMILES string of the molecule is C=CCNC(=NCCCN1CCCC1=O)NCC. The predicted molar refractivity (Wildman–Crippen MR) is 74.6 cm³/mol. The molecule has 1 amide bonds. The van der Waals surface area contributed by atoms with Crippen molar-refractivity contribution in [1.82, 2.24) is 15.5 Å². The van der Waals surface area contributed by atoms with Gasteiger partial charge in [0.15, 0.2) is 5.96 Å². The van der Waals surface area contributed by atoms with Gasteiger partial charge in [0.1, 0.15) is 0 Å². The van der Waals surface area contributed by atoms with E-state index < -0.39 is 0 Å². The molecule has 1 fully saturated rings. The molecule has 0 saturated carbocycles. The summed E-state index contributed by atoms with van der Waals surface area (Å²) >= 11 is 0. The van der Waals surface area contributed by atoms with Crippen LogP contribution in [0.2, 0.25) is 0 Å². The normalized spacial score (nSPS) is 15.9. The van der Waals surface area contributed by atoms with Crippen LogP contribution in [0.25, 0.3) is 0 Å². The minimum Gasteiger partial charge on any atom is -0.357 e. The van der Waals surface area contributed by atoms with Gasteiger partial charge in [-0.05, 0) is 19.8 Å². The Bertz CT molecular complexity index is 301. The van der Waals surface area contributed by atoms with Gasteiger partial charge in [0.2, 0.25) is 5.91 Å². The molecular weight excluding hydrogens is 228 g/mol. The quantitative estimate of drug-likeness (QED) is 0.304. The zero-order valence-corrected chi connectivity index (χ0v) is 11.2. The predicted octanol–water partition coefficient (Wildman–Crippen LogP) is 0.740. The summed E-state index contributed by atoms with van der Waals surface area (Å²) in [4.78, 5) is 17.8. The molecular formula is C13H24N4O. The molecule has 102 valence electrons. The summed E-state index contributed by atoms with van der Waals surface area (Å²) in [5.74, 6) is 1.10. The monoisotopic (exact) mass is 252 g/mol. The zero-order valence-electron chi connectivity index (χ0n) is 11.2. The fourth-order valence-corrected chi connectivity index (χ4v) is 1.90. The van der Waals surface area contributed by atoms with Crippen LogP contribution in [0.5, 0.6) is 0 Å². The highest BCUT2D eigenvalue weighted by Gasteiger charge is 2.18. The number of guanidine groups is 1. The summed E-state index contributed by atoms with van der Waals surface area (Å²) in [6.07, 6.45) is 4.44. The Balaban J connectivity index is 2.22. The second-order valence-electron chi connectivity index (χ2n) is 4.27. The molecule has 0 bridgehead atoms. The smallest absolute Gasteiger partial charge is 0.222 e. The molecule has 1 rings (SSSR count). The van der Waals surface area contributed by atoms with Crippen molar-refractivity contribution in [2.75, 3.05) is 32.7 Å². The average Bonchev–Trinajstić information content (AvgIpc) is 2.77. The van der Waals surface area contributed by atoms with Crippen LogP contribution in [0.4, 0.5) is 0 Å². The highest BCUT2D eigenvalue weighted by Crippen LogP contribution is 2.09. The van der Waals surface area contributed by atoms with Gasteiger partial charge in [0.05, 0.1) is 0 Å². The van der Waals surface area contributed by atoms with Gasteiger partial charge in [-0.1, -0.05) is 6.08 Å². The third-order valence-electron chi connectivity index (χ3n) is 2.79. The Hall–Kier alpha value is -1.52. The topological polar surface area (TPSA) is 56.7 Å². The van der Waals surface area contributed by atoms with Crippen molar-refractivity contribution >= 4 is 11.9 Å². The molecule has 0 aliphatic carbocycles. The summed E-state index contributed by atoms with van der Waals surface area (Å²) in [6, 6.07) is 0. The molecule has 0 atom stereocenters. The van der Waals surface area contributed by atoms with E-state index in [1.807, 2.05) is 11.8 Å².